The molecule has 0 radical (unpaired) electrons. The average Bonchev–Trinajstić information content (AvgIpc) is 3.14. The van der Waals surface area contributed by atoms with Gasteiger partial charge in [-0.2, -0.15) is 18.3 Å². The van der Waals surface area contributed by atoms with Crippen molar-refractivity contribution in [2.45, 2.75) is 12.7 Å². The minimum absolute atomic E-state index is 0.0561. The Hall–Kier alpha value is -3.29. The van der Waals surface area contributed by atoms with Crippen molar-refractivity contribution in [1.82, 2.24) is 15.1 Å². The van der Waals surface area contributed by atoms with E-state index in [1.54, 1.807) is 36.2 Å². The van der Waals surface area contributed by atoms with Gasteiger partial charge in [0.2, 0.25) is 0 Å². The molecule has 0 aliphatic carbocycles. The molecule has 3 aromatic rings. The molecule has 1 amide bonds. The van der Waals surface area contributed by atoms with E-state index in [9.17, 15) is 18.0 Å². The van der Waals surface area contributed by atoms with Crippen LogP contribution in [0, 0.1) is 0 Å². The van der Waals surface area contributed by atoms with Crippen LogP contribution in [0.3, 0.4) is 0 Å². The van der Waals surface area contributed by atoms with E-state index in [1.807, 2.05) is 12.1 Å². The van der Waals surface area contributed by atoms with Gasteiger partial charge in [0, 0.05) is 11.8 Å². The Morgan fingerprint density at radius 2 is 1.89 bits per heavy atom. The van der Waals surface area contributed by atoms with Gasteiger partial charge < -0.3 is 10.1 Å². The molecule has 27 heavy (non-hydrogen) atoms. The van der Waals surface area contributed by atoms with Crippen LogP contribution in [-0.2, 0) is 12.7 Å². The Morgan fingerprint density at radius 3 is 2.56 bits per heavy atom. The molecule has 1 N–H and O–H groups in total. The first kappa shape index (κ1) is 18.5. The highest BCUT2D eigenvalue weighted by Crippen LogP contribution is 2.29. The van der Waals surface area contributed by atoms with Crippen LogP contribution >= 0.6 is 0 Å². The molecule has 1 aromatic heterocycles. The second-order valence-electron chi connectivity index (χ2n) is 5.71. The van der Waals surface area contributed by atoms with E-state index >= 15 is 0 Å². The number of hydrogen-bond donors (Lipinski definition) is 1. The van der Waals surface area contributed by atoms with Crippen molar-refractivity contribution in [3.05, 3.63) is 77.6 Å². The predicted octanol–water partition coefficient (Wildman–Crippen LogP) is 3.83. The number of benzene rings is 2. The van der Waals surface area contributed by atoms with Crippen molar-refractivity contribution in [2.75, 3.05) is 7.11 Å². The molecule has 0 saturated heterocycles. The molecule has 0 aliphatic heterocycles. The smallest absolute Gasteiger partial charge is 0.416 e. The molecule has 5 nitrogen and oxygen atoms in total. The maximum atomic E-state index is 12.7. The third-order valence-corrected chi connectivity index (χ3v) is 3.86. The van der Waals surface area contributed by atoms with Gasteiger partial charge in [-0.25, -0.2) is 4.68 Å². The second-order valence-corrected chi connectivity index (χ2v) is 5.71. The average molecular weight is 375 g/mol. The summed E-state index contributed by atoms with van der Waals surface area (Å²) in [6.45, 7) is 0.0955. The Labute approximate surface area is 153 Å². The summed E-state index contributed by atoms with van der Waals surface area (Å²) < 4.78 is 45.0. The zero-order chi connectivity index (χ0) is 19.4. The van der Waals surface area contributed by atoms with Crippen LogP contribution in [0.5, 0.6) is 5.75 Å². The lowest BCUT2D eigenvalue weighted by Gasteiger charge is -2.08. The summed E-state index contributed by atoms with van der Waals surface area (Å²) >= 11 is 0. The van der Waals surface area contributed by atoms with E-state index in [-0.39, 0.29) is 12.1 Å². The largest absolute Gasteiger partial charge is 0.497 e. The molecule has 0 spiro atoms. The van der Waals surface area contributed by atoms with E-state index in [4.69, 9.17) is 4.74 Å². The summed E-state index contributed by atoms with van der Waals surface area (Å²) in [5.41, 5.74) is 0.468. The molecule has 0 saturated carbocycles. The fourth-order valence-electron chi connectivity index (χ4n) is 2.44. The number of halogens is 3. The molecule has 8 heteroatoms. The highest BCUT2D eigenvalue weighted by Gasteiger charge is 2.30. The quantitative estimate of drug-likeness (QED) is 0.737. The summed E-state index contributed by atoms with van der Waals surface area (Å²) in [7, 11) is 1.58. The zero-order valence-electron chi connectivity index (χ0n) is 14.3. The zero-order valence-corrected chi connectivity index (χ0v) is 14.3. The topological polar surface area (TPSA) is 56.1 Å². The van der Waals surface area contributed by atoms with Gasteiger partial charge in [0.15, 0.2) is 0 Å². The number of hydrogen-bond acceptors (Lipinski definition) is 3. The molecule has 3 rings (SSSR count). The van der Waals surface area contributed by atoms with Crippen LogP contribution < -0.4 is 10.1 Å². The van der Waals surface area contributed by atoms with E-state index in [2.05, 4.69) is 10.4 Å². The molecule has 2 aromatic carbocycles. The standard InChI is InChI=1S/C19H16F3N3O2/c1-27-17-7-5-16(6-8-17)25-10-9-15(24-25)12-23-18(26)13-3-2-4-14(11-13)19(20,21)22/h2-11H,12H2,1H3,(H,23,26). The van der Waals surface area contributed by atoms with E-state index in [0.717, 1.165) is 23.6 Å². The first-order valence-electron chi connectivity index (χ1n) is 8.01. The van der Waals surface area contributed by atoms with Crippen LogP contribution in [0.15, 0.2) is 60.8 Å². The Morgan fingerprint density at radius 1 is 1.15 bits per heavy atom. The monoisotopic (exact) mass is 375 g/mol. The number of carbonyl (C=O) groups is 1. The number of amides is 1. The highest BCUT2D eigenvalue weighted by atomic mass is 19.4. The summed E-state index contributed by atoms with van der Waals surface area (Å²) in [5, 5.41) is 6.91. The number of carbonyl (C=O) groups excluding carboxylic acids is 1. The third kappa shape index (κ3) is 4.46. The molecule has 0 bridgehead atoms. The first-order valence-corrected chi connectivity index (χ1v) is 8.01. The molecular weight excluding hydrogens is 359 g/mol. The third-order valence-electron chi connectivity index (χ3n) is 3.86. The molecule has 0 atom stereocenters. The summed E-state index contributed by atoms with van der Waals surface area (Å²) in [6.07, 6.45) is -2.76. The minimum atomic E-state index is -4.49. The number of alkyl halides is 3. The maximum Gasteiger partial charge on any atom is 0.416 e. The summed E-state index contributed by atoms with van der Waals surface area (Å²) in [5.74, 6) is 0.125. The lowest BCUT2D eigenvalue weighted by molar-refractivity contribution is -0.137. The van der Waals surface area contributed by atoms with Crippen molar-refractivity contribution in [3.8, 4) is 11.4 Å². The number of methoxy groups -OCH3 is 1. The fraction of sp³-hybridized carbons (Fsp3) is 0.158. The van der Waals surface area contributed by atoms with E-state index < -0.39 is 17.6 Å². The van der Waals surface area contributed by atoms with Gasteiger partial charge in [-0.3, -0.25) is 4.79 Å². The fourth-order valence-corrected chi connectivity index (χ4v) is 2.44. The van der Waals surface area contributed by atoms with Crippen molar-refractivity contribution in [2.24, 2.45) is 0 Å². The number of nitrogens with zero attached hydrogens (tertiary/aromatic N) is 2. The van der Waals surface area contributed by atoms with Gasteiger partial charge in [-0.15, -0.1) is 0 Å². The lowest BCUT2D eigenvalue weighted by Crippen LogP contribution is -2.23. The van der Waals surface area contributed by atoms with E-state index in [1.165, 1.54) is 12.1 Å². The van der Waals surface area contributed by atoms with Gasteiger partial charge in [0.25, 0.3) is 5.91 Å². The van der Waals surface area contributed by atoms with Crippen molar-refractivity contribution in [3.63, 3.8) is 0 Å². The molecule has 0 fully saturated rings. The Balaban J connectivity index is 1.65. The van der Waals surface area contributed by atoms with Gasteiger partial charge >= 0.3 is 6.18 Å². The first-order chi connectivity index (χ1) is 12.9. The van der Waals surface area contributed by atoms with Crippen LogP contribution in [0.1, 0.15) is 21.6 Å². The van der Waals surface area contributed by atoms with Gasteiger partial charge in [0.05, 0.1) is 30.6 Å². The van der Waals surface area contributed by atoms with Crippen LogP contribution in [0.4, 0.5) is 13.2 Å². The van der Waals surface area contributed by atoms with Gasteiger partial charge in [-0.1, -0.05) is 6.07 Å². The van der Waals surface area contributed by atoms with Crippen molar-refractivity contribution >= 4 is 5.91 Å². The lowest BCUT2D eigenvalue weighted by atomic mass is 10.1. The van der Waals surface area contributed by atoms with Crippen LogP contribution in [0.2, 0.25) is 0 Å². The molecule has 1 heterocycles. The van der Waals surface area contributed by atoms with Gasteiger partial charge in [0.1, 0.15) is 5.75 Å². The molecule has 140 valence electrons. The van der Waals surface area contributed by atoms with Crippen molar-refractivity contribution < 1.29 is 22.7 Å². The number of ether oxygens (including phenoxy) is 1. The molecular formula is C19H16F3N3O2. The Kier molecular flexibility index (Phi) is 5.16. The van der Waals surface area contributed by atoms with Crippen LogP contribution in [-0.4, -0.2) is 22.8 Å². The number of nitrogens with one attached hydrogen (secondary N) is 1. The molecule has 0 unspecified atom stereocenters. The number of aromatic nitrogens is 2. The SMILES string of the molecule is COc1ccc(-n2ccc(CNC(=O)c3cccc(C(F)(F)F)c3)n2)cc1. The van der Waals surface area contributed by atoms with Crippen LogP contribution in [0.25, 0.3) is 5.69 Å². The number of rotatable bonds is 5. The summed E-state index contributed by atoms with van der Waals surface area (Å²) in [4.78, 5) is 12.1. The normalized spacial score (nSPS) is 11.3. The van der Waals surface area contributed by atoms with E-state index in [0.29, 0.717) is 5.69 Å². The molecule has 0 aliphatic rings. The minimum Gasteiger partial charge on any atom is -0.497 e. The second kappa shape index (κ2) is 7.53. The van der Waals surface area contributed by atoms with Crippen molar-refractivity contribution in [1.29, 1.82) is 0 Å². The predicted molar refractivity (Wildman–Crippen MR) is 92.7 cm³/mol. The van der Waals surface area contributed by atoms with Gasteiger partial charge in [-0.05, 0) is 48.5 Å². The Bertz CT molecular complexity index is 934. The highest BCUT2D eigenvalue weighted by molar-refractivity contribution is 5.94. The maximum absolute atomic E-state index is 12.7. The summed E-state index contributed by atoms with van der Waals surface area (Å²) in [6, 6.07) is 13.3.